The Bertz CT molecular complexity index is 1690. The van der Waals surface area contributed by atoms with Gasteiger partial charge in [0.2, 0.25) is 0 Å². The minimum Gasteiger partial charge on any atom is -0.251 e. The Kier molecular flexibility index (Phi) is 60.3. The van der Waals surface area contributed by atoms with Gasteiger partial charge in [0, 0.05) is 20.4 Å². The number of aliphatic imine (C=N–C) groups is 2. The standard InChI is InChI=1S/C80H142N2.Pd/c1-6-11-16-19-22-24-26-28-30-32-34-36-37-39-40-42-44-46-48-50-52-54-59-62-74-67-69-77(70-68-74)81-79(65-60-55-21-18-13-8-3)80(82-78-72-75(63-57-14-9-4)71-76(73-78)64-58-15-10-5)66-61-56-53-51-49-47-45-43-41-38-35-33-31-29-27-25-23-20-17-12-7-2;/h61,66-73H,6-60,62-65H2,1-5H3;. The molecule has 0 heterocycles. The first-order chi connectivity index (χ1) is 40.6. The number of hydrogen-bond donors (Lipinski definition) is 0. The van der Waals surface area contributed by atoms with Crippen LogP contribution in [0.2, 0.25) is 0 Å². The van der Waals surface area contributed by atoms with Crippen LogP contribution in [0.1, 0.15) is 411 Å². The maximum Gasteiger partial charge on any atom is 0.0848 e. The fourth-order valence-electron chi connectivity index (χ4n) is 12.4. The van der Waals surface area contributed by atoms with Crippen molar-refractivity contribution in [1.29, 1.82) is 0 Å². The van der Waals surface area contributed by atoms with E-state index in [1.165, 1.54) is 376 Å². The molecule has 0 radical (unpaired) electrons. The molecule has 83 heavy (non-hydrogen) atoms. The molecular weight excluding hydrogens is 1100 g/mol. The van der Waals surface area contributed by atoms with Crippen LogP contribution in [0.4, 0.5) is 11.4 Å². The number of allylic oxidation sites excluding steroid dienone is 2. The summed E-state index contributed by atoms with van der Waals surface area (Å²) in [7, 11) is 0. The van der Waals surface area contributed by atoms with Crippen molar-refractivity contribution >= 4 is 22.8 Å². The van der Waals surface area contributed by atoms with Crippen LogP contribution in [0.25, 0.3) is 0 Å². The fourth-order valence-corrected chi connectivity index (χ4v) is 12.4. The molecular formula is C80H142N2Pd. The number of unbranched alkanes of at least 4 members (excludes halogenated alkanes) is 50. The zero-order chi connectivity index (χ0) is 58.5. The van der Waals surface area contributed by atoms with Gasteiger partial charge < -0.3 is 0 Å². The molecule has 2 aromatic carbocycles. The fraction of sp³-hybridized carbons (Fsp3) is 0.800. The Morgan fingerprint density at radius 3 is 0.904 bits per heavy atom. The first-order valence-corrected chi connectivity index (χ1v) is 37.7. The van der Waals surface area contributed by atoms with Crippen LogP contribution < -0.4 is 0 Å². The van der Waals surface area contributed by atoms with Gasteiger partial charge >= 0.3 is 0 Å². The van der Waals surface area contributed by atoms with E-state index < -0.39 is 0 Å². The van der Waals surface area contributed by atoms with Crippen LogP contribution in [0.5, 0.6) is 0 Å². The Labute approximate surface area is 534 Å². The van der Waals surface area contributed by atoms with Crippen molar-refractivity contribution in [3.8, 4) is 0 Å². The van der Waals surface area contributed by atoms with Crippen molar-refractivity contribution in [1.82, 2.24) is 0 Å². The van der Waals surface area contributed by atoms with Gasteiger partial charge in [0.1, 0.15) is 0 Å². The number of benzene rings is 2. The van der Waals surface area contributed by atoms with Crippen molar-refractivity contribution < 1.29 is 20.4 Å². The molecule has 0 saturated heterocycles. The van der Waals surface area contributed by atoms with Gasteiger partial charge in [-0.2, -0.15) is 0 Å². The topological polar surface area (TPSA) is 24.7 Å². The molecule has 0 aliphatic carbocycles. The van der Waals surface area contributed by atoms with E-state index in [-0.39, 0.29) is 20.4 Å². The molecule has 0 saturated carbocycles. The second-order valence-electron chi connectivity index (χ2n) is 26.2. The first-order valence-electron chi connectivity index (χ1n) is 37.7. The van der Waals surface area contributed by atoms with Crippen molar-refractivity contribution in [2.24, 2.45) is 9.98 Å². The van der Waals surface area contributed by atoms with E-state index in [2.05, 4.69) is 89.2 Å². The number of nitrogens with zero attached hydrogens (tertiary/aromatic N) is 2. The Morgan fingerprint density at radius 1 is 0.277 bits per heavy atom. The smallest absolute Gasteiger partial charge is 0.0848 e. The van der Waals surface area contributed by atoms with E-state index in [4.69, 9.17) is 9.98 Å². The third kappa shape index (κ3) is 50.8. The van der Waals surface area contributed by atoms with Crippen molar-refractivity contribution in [3.63, 3.8) is 0 Å². The summed E-state index contributed by atoms with van der Waals surface area (Å²) >= 11 is 0. The summed E-state index contributed by atoms with van der Waals surface area (Å²) in [4.78, 5) is 11.1. The maximum absolute atomic E-state index is 5.62. The molecule has 0 bridgehead atoms. The van der Waals surface area contributed by atoms with E-state index in [1.54, 1.807) is 0 Å². The van der Waals surface area contributed by atoms with Crippen molar-refractivity contribution in [2.75, 3.05) is 0 Å². The van der Waals surface area contributed by atoms with E-state index in [1.807, 2.05) is 0 Å². The molecule has 0 amide bonds. The third-order valence-electron chi connectivity index (χ3n) is 18.0. The van der Waals surface area contributed by atoms with E-state index >= 15 is 0 Å². The molecule has 2 rings (SSSR count). The summed E-state index contributed by atoms with van der Waals surface area (Å²) in [5.74, 6) is 0. The Morgan fingerprint density at radius 2 is 0.554 bits per heavy atom. The van der Waals surface area contributed by atoms with E-state index in [9.17, 15) is 0 Å². The summed E-state index contributed by atoms with van der Waals surface area (Å²) in [5.41, 5.74) is 8.86. The van der Waals surface area contributed by atoms with Gasteiger partial charge in [-0.05, 0) is 111 Å². The minimum absolute atomic E-state index is 0. The SMILES string of the molecule is CCCCCCCCCCCCCCCCCCCCCC=CC(=Nc1cc(CCCCC)cc(CCCCC)c1)C(CCCCCCCC)=Nc1ccc(CCCCCCCCCCCCCCCCCCCCCCCCC)cc1.[Pd]. The van der Waals surface area contributed by atoms with Gasteiger partial charge in [0.15, 0.2) is 0 Å². The quantitative estimate of drug-likeness (QED) is 0.0358. The summed E-state index contributed by atoms with van der Waals surface area (Å²) in [6.45, 7) is 11.6. The van der Waals surface area contributed by atoms with E-state index in [0.29, 0.717) is 0 Å². The number of rotatable bonds is 63. The minimum atomic E-state index is 0. The number of aryl methyl sites for hydroxylation is 3. The number of hydrogen-bond acceptors (Lipinski definition) is 2. The van der Waals surface area contributed by atoms with E-state index in [0.717, 1.165) is 42.8 Å². The van der Waals surface area contributed by atoms with Gasteiger partial charge in [0.25, 0.3) is 0 Å². The zero-order valence-electron chi connectivity index (χ0n) is 56.6. The monoisotopic (exact) mass is 1240 g/mol. The molecule has 0 unspecified atom stereocenters. The van der Waals surface area contributed by atoms with Crippen molar-refractivity contribution in [2.45, 2.75) is 413 Å². The second kappa shape index (κ2) is 63.2. The summed E-state index contributed by atoms with van der Waals surface area (Å²) in [6, 6.07) is 16.6. The van der Waals surface area contributed by atoms with Gasteiger partial charge in [-0.1, -0.05) is 374 Å². The molecule has 0 N–H and O–H groups in total. The zero-order valence-corrected chi connectivity index (χ0v) is 58.2. The molecule has 0 spiro atoms. The average molecular weight is 1240 g/mol. The van der Waals surface area contributed by atoms with Gasteiger partial charge in [0.05, 0.1) is 22.8 Å². The molecule has 0 atom stereocenters. The normalized spacial score (nSPS) is 12.1. The summed E-state index contributed by atoms with van der Waals surface area (Å²) in [5, 5.41) is 0. The van der Waals surface area contributed by atoms with Crippen LogP contribution in [0.3, 0.4) is 0 Å². The summed E-state index contributed by atoms with van der Waals surface area (Å²) < 4.78 is 0. The molecule has 2 nitrogen and oxygen atoms in total. The second-order valence-corrected chi connectivity index (χ2v) is 26.2. The average Bonchev–Trinajstić information content (AvgIpc) is 3.62. The third-order valence-corrected chi connectivity index (χ3v) is 18.0. The summed E-state index contributed by atoms with van der Waals surface area (Å²) in [6.07, 6.45) is 85.9. The molecule has 0 aromatic heterocycles. The van der Waals surface area contributed by atoms with Crippen LogP contribution >= 0.6 is 0 Å². The molecule has 0 aliphatic heterocycles. The predicted octanol–water partition coefficient (Wildman–Crippen LogP) is 28.7. The Hall–Kier alpha value is -1.82. The molecule has 3 heteroatoms. The van der Waals surface area contributed by atoms with Crippen LogP contribution in [0.15, 0.2) is 64.6 Å². The van der Waals surface area contributed by atoms with Crippen LogP contribution in [0, 0.1) is 0 Å². The largest absolute Gasteiger partial charge is 0.251 e. The van der Waals surface area contributed by atoms with Crippen molar-refractivity contribution in [3.05, 3.63) is 71.3 Å². The molecule has 2 aromatic rings. The Balaban J connectivity index is 0.0000344. The van der Waals surface area contributed by atoms with Gasteiger partial charge in [-0.25, -0.2) is 4.99 Å². The maximum atomic E-state index is 5.62. The molecule has 482 valence electrons. The predicted molar refractivity (Wildman–Crippen MR) is 374 cm³/mol. The first kappa shape index (κ1) is 79.2. The van der Waals surface area contributed by atoms with Crippen LogP contribution in [-0.2, 0) is 39.7 Å². The van der Waals surface area contributed by atoms with Crippen LogP contribution in [-0.4, -0.2) is 11.4 Å². The van der Waals surface area contributed by atoms with Gasteiger partial charge in [-0.3, -0.25) is 4.99 Å². The molecule has 0 aliphatic rings. The van der Waals surface area contributed by atoms with Gasteiger partial charge in [-0.15, -0.1) is 0 Å². The molecule has 0 fully saturated rings.